The number of hydrogen-bond acceptors (Lipinski definition) is 10. The Hall–Kier alpha value is -8.84. The topological polar surface area (TPSA) is 218 Å². The number of anilines is 4. The van der Waals surface area contributed by atoms with E-state index in [-0.39, 0.29) is 38.4 Å². The monoisotopic (exact) mass is 894 g/mol. The number of nitrogens with one attached hydrogen (secondary N) is 6. The fourth-order valence-corrected chi connectivity index (χ4v) is 8.70. The summed E-state index contributed by atoms with van der Waals surface area (Å²) in [5, 5.41) is 16.8. The van der Waals surface area contributed by atoms with Crippen molar-refractivity contribution in [2.75, 3.05) is 47.6 Å². The first-order chi connectivity index (χ1) is 32.7. The molecule has 6 aromatic carbocycles. The van der Waals surface area contributed by atoms with Crippen molar-refractivity contribution in [2.24, 2.45) is 9.98 Å². The minimum Gasteiger partial charge on any atom is -0.449 e. The maximum Gasteiger partial charge on any atom is 0.411 e. The Morgan fingerprint density at radius 3 is 1.09 bits per heavy atom. The molecule has 0 fully saturated rings. The van der Waals surface area contributed by atoms with Gasteiger partial charge in [0.25, 0.3) is 0 Å². The molecule has 16 nitrogen and oxygen atoms in total. The number of urea groups is 2. The molecule has 6 amide bonds. The second kappa shape index (κ2) is 19.5. The molecule has 0 aromatic heterocycles. The third-order valence-corrected chi connectivity index (χ3v) is 11.6. The molecule has 3 aliphatic carbocycles. The molecule has 0 bridgehead atoms. The number of ether oxygens (including phenoxy) is 2. The Morgan fingerprint density at radius 2 is 0.746 bits per heavy atom. The van der Waals surface area contributed by atoms with Gasteiger partial charge < -0.3 is 30.7 Å². The van der Waals surface area contributed by atoms with E-state index in [2.05, 4.69) is 41.9 Å². The van der Waals surface area contributed by atoms with E-state index in [0.29, 0.717) is 66.2 Å². The average molecular weight is 895 g/mol. The quantitative estimate of drug-likeness (QED) is 0.0350. The Labute approximate surface area is 383 Å². The second-order valence-electron chi connectivity index (χ2n) is 16.1. The maximum absolute atomic E-state index is 12.7. The molecule has 0 aliphatic heterocycles. The summed E-state index contributed by atoms with van der Waals surface area (Å²) in [6.45, 7) is 0.781. The van der Waals surface area contributed by atoms with Crippen LogP contribution in [-0.4, -0.2) is 62.7 Å². The number of isocyanates is 2. The standard InChI is InChI=1S/C51H42N8O8/c60-28-54-36-3-9-42-30(22-36)19-34-26-40(7-13-46(34)42)58-50(64)66-17-1-15-52-48(62)56-38-5-11-44-32(24-38)21-33-25-39(6-12-45(33)44)57-49(63)53-16-2-18-67-51(65)59-41-8-14-47-35(27-41)20-31-23-37(55-29-61)4-10-43(31)47/h3-14,22-27H,1-2,15-21H2,(H,58,64)(H,59,65)(H2,52,56,62)(H2,53,57,63). The number of nitrogens with zero attached hydrogens (tertiary/aromatic N) is 2. The number of aliphatic imine (C=N–C) groups is 2. The molecule has 9 rings (SSSR count). The Kier molecular flexibility index (Phi) is 12.6. The molecule has 67 heavy (non-hydrogen) atoms. The summed E-state index contributed by atoms with van der Waals surface area (Å²) < 4.78 is 10.7. The summed E-state index contributed by atoms with van der Waals surface area (Å²) in [7, 11) is 0. The average Bonchev–Trinajstić information content (AvgIpc) is 3.98. The second-order valence-corrected chi connectivity index (χ2v) is 16.1. The van der Waals surface area contributed by atoms with Crippen molar-refractivity contribution >= 4 is 70.5 Å². The van der Waals surface area contributed by atoms with Gasteiger partial charge in [-0.05, 0) is 172 Å². The highest BCUT2D eigenvalue weighted by Gasteiger charge is 2.23. The van der Waals surface area contributed by atoms with Crippen molar-refractivity contribution in [3.63, 3.8) is 0 Å². The highest BCUT2D eigenvalue weighted by atomic mass is 16.6. The third-order valence-electron chi connectivity index (χ3n) is 11.6. The first-order valence-corrected chi connectivity index (χ1v) is 21.6. The highest BCUT2D eigenvalue weighted by Crippen LogP contribution is 2.42. The normalized spacial score (nSPS) is 11.7. The zero-order chi connectivity index (χ0) is 46.3. The molecule has 0 spiro atoms. The SMILES string of the molecule is O=C=Nc1ccc2c(c1)Cc1cc(NC(=O)OCCCNC(=O)Nc3ccc4c(c3)Cc3cc(NC(=O)NCCCOC(=O)Nc5ccc6c(c5)Cc5cc(N=C=O)ccc5-6)ccc3-4)ccc1-2. The van der Waals surface area contributed by atoms with E-state index in [4.69, 9.17) is 9.47 Å². The number of hydrogen-bond donors (Lipinski definition) is 6. The van der Waals surface area contributed by atoms with E-state index in [9.17, 15) is 28.8 Å². The predicted molar refractivity (Wildman–Crippen MR) is 253 cm³/mol. The first kappa shape index (κ1) is 43.4. The summed E-state index contributed by atoms with van der Waals surface area (Å²) in [6, 6.07) is 33.1. The number of amides is 6. The molecule has 0 saturated carbocycles. The summed E-state index contributed by atoms with van der Waals surface area (Å²) in [6.07, 6.45) is 4.67. The van der Waals surface area contributed by atoms with E-state index in [0.717, 1.165) is 66.8 Å². The molecule has 6 N–H and O–H groups in total. The van der Waals surface area contributed by atoms with Gasteiger partial charge in [-0.1, -0.05) is 36.4 Å². The minimum absolute atomic E-state index is 0.104. The smallest absolute Gasteiger partial charge is 0.411 e. The van der Waals surface area contributed by atoms with Gasteiger partial charge in [0.15, 0.2) is 0 Å². The molecule has 0 radical (unpaired) electrons. The minimum atomic E-state index is -0.597. The third kappa shape index (κ3) is 10.1. The molecule has 0 heterocycles. The van der Waals surface area contributed by atoms with Crippen LogP contribution >= 0.6 is 0 Å². The fraction of sp³-hybridized carbons (Fsp3) is 0.176. The van der Waals surface area contributed by atoms with Crippen molar-refractivity contribution < 1.29 is 38.2 Å². The summed E-state index contributed by atoms with van der Waals surface area (Å²) in [5.41, 5.74) is 16.1. The lowest BCUT2D eigenvalue weighted by atomic mass is 10.1. The van der Waals surface area contributed by atoms with Gasteiger partial charge in [0.05, 0.1) is 24.6 Å². The van der Waals surface area contributed by atoms with E-state index in [1.165, 1.54) is 0 Å². The van der Waals surface area contributed by atoms with E-state index >= 15 is 0 Å². The van der Waals surface area contributed by atoms with Crippen LogP contribution in [0.25, 0.3) is 33.4 Å². The Morgan fingerprint density at radius 1 is 0.433 bits per heavy atom. The van der Waals surface area contributed by atoms with Crippen molar-refractivity contribution in [1.82, 2.24) is 10.6 Å². The Balaban J connectivity index is 0.647. The van der Waals surface area contributed by atoms with Crippen molar-refractivity contribution in [3.05, 3.63) is 143 Å². The Bertz CT molecular complexity index is 2880. The van der Waals surface area contributed by atoms with Gasteiger partial charge in [-0.25, -0.2) is 28.8 Å². The molecule has 0 atom stereocenters. The van der Waals surface area contributed by atoms with E-state index in [1.807, 2.05) is 97.1 Å². The largest absolute Gasteiger partial charge is 0.449 e. The lowest BCUT2D eigenvalue weighted by Gasteiger charge is -2.11. The summed E-state index contributed by atoms with van der Waals surface area (Å²) in [5.74, 6) is 0. The van der Waals surface area contributed by atoms with Crippen LogP contribution in [-0.2, 0) is 38.3 Å². The molecular weight excluding hydrogens is 853 g/mol. The van der Waals surface area contributed by atoms with Crippen LogP contribution in [0.15, 0.2) is 119 Å². The van der Waals surface area contributed by atoms with E-state index in [1.54, 1.807) is 24.3 Å². The van der Waals surface area contributed by atoms with Crippen LogP contribution in [0.1, 0.15) is 46.2 Å². The zero-order valence-electron chi connectivity index (χ0n) is 35.9. The number of benzene rings is 6. The fourth-order valence-electron chi connectivity index (χ4n) is 8.70. The summed E-state index contributed by atoms with van der Waals surface area (Å²) >= 11 is 0. The molecule has 6 aromatic rings. The van der Waals surface area contributed by atoms with Gasteiger partial charge in [-0.2, -0.15) is 9.98 Å². The van der Waals surface area contributed by atoms with Crippen LogP contribution in [0.3, 0.4) is 0 Å². The molecule has 0 unspecified atom stereocenters. The maximum atomic E-state index is 12.7. The number of carbonyl (C=O) groups excluding carboxylic acids is 6. The lowest BCUT2D eigenvalue weighted by molar-refractivity contribution is 0.159. The van der Waals surface area contributed by atoms with Gasteiger partial charge in [-0.15, -0.1) is 0 Å². The molecule has 0 saturated heterocycles. The molecule has 16 heteroatoms. The van der Waals surface area contributed by atoms with Crippen LogP contribution in [0.2, 0.25) is 0 Å². The van der Waals surface area contributed by atoms with Gasteiger partial charge >= 0.3 is 24.2 Å². The van der Waals surface area contributed by atoms with Crippen molar-refractivity contribution in [3.8, 4) is 33.4 Å². The van der Waals surface area contributed by atoms with Crippen molar-refractivity contribution in [2.45, 2.75) is 32.1 Å². The van der Waals surface area contributed by atoms with Gasteiger partial charge in [-0.3, -0.25) is 10.6 Å². The van der Waals surface area contributed by atoms with E-state index < -0.39 is 12.2 Å². The van der Waals surface area contributed by atoms with Crippen LogP contribution in [0, 0.1) is 0 Å². The number of carbonyl (C=O) groups is 4. The molecule has 3 aliphatic rings. The van der Waals surface area contributed by atoms with Gasteiger partial charge in [0, 0.05) is 35.8 Å². The number of rotatable bonds is 14. The molecular formula is C51H42N8O8. The van der Waals surface area contributed by atoms with Gasteiger partial charge in [0.1, 0.15) is 0 Å². The highest BCUT2D eigenvalue weighted by molar-refractivity contribution is 5.93. The molecule has 334 valence electrons. The van der Waals surface area contributed by atoms with Crippen LogP contribution in [0.5, 0.6) is 0 Å². The predicted octanol–water partition coefficient (Wildman–Crippen LogP) is 9.86. The lowest BCUT2D eigenvalue weighted by Crippen LogP contribution is -2.30. The first-order valence-electron chi connectivity index (χ1n) is 21.6. The van der Waals surface area contributed by atoms with Crippen molar-refractivity contribution in [1.29, 1.82) is 0 Å². The van der Waals surface area contributed by atoms with Crippen LogP contribution < -0.4 is 31.9 Å². The number of fused-ring (bicyclic) bond motifs is 9. The van der Waals surface area contributed by atoms with Gasteiger partial charge in [0.2, 0.25) is 12.2 Å². The zero-order valence-corrected chi connectivity index (χ0v) is 35.9. The summed E-state index contributed by atoms with van der Waals surface area (Å²) in [4.78, 5) is 79.0. The van der Waals surface area contributed by atoms with Crippen LogP contribution in [0.4, 0.5) is 53.3 Å².